The van der Waals surface area contributed by atoms with Gasteiger partial charge < -0.3 is 24.2 Å². The molecule has 0 radical (unpaired) electrons. The van der Waals surface area contributed by atoms with Crippen molar-refractivity contribution in [1.29, 1.82) is 0 Å². The van der Waals surface area contributed by atoms with Crippen molar-refractivity contribution in [3.63, 3.8) is 0 Å². The predicted molar refractivity (Wildman–Crippen MR) is 160 cm³/mol. The van der Waals surface area contributed by atoms with Gasteiger partial charge in [-0.1, -0.05) is 50.0 Å². The molecule has 0 aliphatic carbocycles. The summed E-state index contributed by atoms with van der Waals surface area (Å²) in [5.41, 5.74) is 1.17. The lowest BCUT2D eigenvalue weighted by atomic mass is 10.1. The first-order valence-corrected chi connectivity index (χ1v) is 18.1. The third-order valence-electron chi connectivity index (χ3n) is 6.47. The second kappa shape index (κ2) is 15.2. The van der Waals surface area contributed by atoms with Crippen LogP contribution in [0.5, 0.6) is 5.75 Å². The number of methoxy groups -OCH3 is 1. The van der Waals surface area contributed by atoms with Crippen LogP contribution in [-0.4, -0.2) is 62.0 Å². The number of aromatic nitrogens is 1. The summed E-state index contributed by atoms with van der Waals surface area (Å²) in [7, 11) is 0.275. The Morgan fingerprint density at radius 2 is 1.83 bits per heavy atom. The molecule has 0 saturated carbocycles. The van der Waals surface area contributed by atoms with Crippen molar-refractivity contribution in [2.75, 3.05) is 27.1 Å². The summed E-state index contributed by atoms with van der Waals surface area (Å²) in [6, 6.07) is 14.6. The number of halogens is 1. The van der Waals surface area contributed by atoms with Crippen LogP contribution in [0.3, 0.4) is 0 Å². The van der Waals surface area contributed by atoms with Crippen LogP contribution in [0.15, 0.2) is 48.5 Å². The lowest BCUT2D eigenvalue weighted by Gasteiger charge is -2.27. The van der Waals surface area contributed by atoms with E-state index in [1.807, 2.05) is 0 Å². The van der Waals surface area contributed by atoms with Crippen molar-refractivity contribution in [1.82, 2.24) is 9.88 Å². The number of nitrogens with zero attached hydrogens (tertiary/aromatic N) is 2. The molecule has 0 bridgehead atoms. The van der Waals surface area contributed by atoms with E-state index in [0.29, 0.717) is 52.8 Å². The maximum absolute atomic E-state index is 14.2. The van der Waals surface area contributed by atoms with Crippen molar-refractivity contribution in [2.45, 2.75) is 58.1 Å². The van der Waals surface area contributed by atoms with E-state index in [1.165, 1.54) is 17.4 Å². The van der Waals surface area contributed by atoms with Gasteiger partial charge in [-0.3, -0.25) is 4.79 Å². The summed E-state index contributed by atoms with van der Waals surface area (Å²) in [4.78, 5) is 32.1. The number of amides is 1. The van der Waals surface area contributed by atoms with Crippen LogP contribution < -0.4 is 4.74 Å². The zero-order chi connectivity index (χ0) is 30.0. The number of hydrogen-bond acceptors (Lipinski definition) is 7. The van der Waals surface area contributed by atoms with Gasteiger partial charge in [0.1, 0.15) is 23.4 Å². The number of carboxylic acids is 1. The third kappa shape index (κ3) is 10.0. The van der Waals surface area contributed by atoms with Crippen molar-refractivity contribution in [3.05, 3.63) is 81.1 Å². The van der Waals surface area contributed by atoms with Crippen molar-refractivity contribution in [3.8, 4) is 5.75 Å². The Morgan fingerprint density at radius 1 is 1.12 bits per heavy atom. The second-order valence-corrected chi connectivity index (χ2v) is 17.8. The second-order valence-electron chi connectivity index (χ2n) is 10.9. The normalized spacial score (nSPS) is 12.2. The summed E-state index contributed by atoms with van der Waals surface area (Å²) < 4.78 is 31.3. The maximum Gasteiger partial charge on any atom is 0.355 e. The van der Waals surface area contributed by atoms with Crippen molar-refractivity contribution in [2.24, 2.45) is 0 Å². The molecule has 222 valence electrons. The Morgan fingerprint density at radius 3 is 2.44 bits per heavy atom. The van der Waals surface area contributed by atoms with E-state index in [0.717, 1.165) is 6.04 Å². The van der Waals surface area contributed by atoms with E-state index >= 15 is 0 Å². The number of carboxylic acid groups (broad SMARTS) is 1. The van der Waals surface area contributed by atoms with E-state index in [9.17, 15) is 19.1 Å². The van der Waals surface area contributed by atoms with Crippen LogP contribution >= 0.6 is 11.3 Å². The summed E-state index contributed by atoms with van der Waals surface area (Å²) in [6.45, 7) is 9.35. The summed E-state index contributed by atoms with van der Waals surface area (Å²) in [6.07, 6.45) is -0.0480. The molecule has 11 heteroatoms. The monoisotopic (exact) mass is 602 g/mol. The SMILES string of the molecule is COc1ccc([C@@H](OCOCC[Si](C)(C)C)C(=O)N(CCCc2ccccc2F)Cc2nc(C(=O)O)c(C)s2)cc1. The lowest BCUT2D eigenvalue weighted by molar-refractivity contribution is -0.155. The molecule has 41 heavy (non-hydrogen) atoms. The molecule has 1 aromatic heterocycles. The Hall–Kier alpha value is -3.12. The molecular weight excluding hydrogens is 563 g/mol. The molecule has 3 aromatic rings. The topological polar surface area (TPSA) is 98.2 Å². The van der Waals surface area contributed by atoms with Gasteiger partial charge in [-0.15, -0.1) is 11.3 Å². The van der Waals surface area contributed by atoms with E-state index in [-0.39, 0.29) is 30.8 Å². The van der Waals surface area contributed by atoms with Crippen LogP contribution in [-0.2, 0) is 27.2 Å². The van der Waals surface area contributed by atoms with Crippen molar-refractivity contribution >= 4 is 31.3 Å². The molecule has 3 rings (SSSR count). The molecule has 2 aromatic carbocycles. The number of benzene rings is 2. The largest absolute Gasteiger partial charge is 0.497 e. The number of rotatable bonds is 16. The predicted octanol–water partition coefficient (Wildman–Crippen LogP) is 6.33. The number of hydrogen-bond donors (Lipinski definition) is 1. The van der Waals surface area contributed by atoms with Crippen molar-refractivity contribution < 1.29 is 33.3 Å². The summed E-state index contributed by atoms with van der Waals surface area (Å²) in [5.74, 6) is -1.07. The molecule has 1 heterocycles. The van der Waals surface area contributed by atoms with Gasteiger partial charge in [0.15, 0.2) is 11.8 Å². The van der Waals surface area contributed by atoms with E-state index < -0.39 is 20.1 Å². The average molecular weight is 603 g/mol. The summed E-state index contributed by atoms with van der Waals surface area (Å²) >= 11 is 1.24. The number of thiazole rings is 1. The fourth-order valence-electron chi connectivity index (χ4n) is 4.12. The molecule has 1 N–H and O–H groups in total. The zero-order valence-electron chi connectivity index (χ0n) is 24.3. The quantitative estimate of drug-likeness (QED) is 0.116. The fourth-order valence-corrected chi connectivity index (χ4v) is 5.81. The highest BCUT2D eigenvalue weighted by molar-refractivity contribution is 7.11. The van der Waals surface area contributed by atoms with Gasteiger partial charge in [-0.05, 0) is 55.1 Å². The van der Waals surface area contributed by atoms with Crippen LogP contribution in [0.25, 0.3) is 0 Å². The minimum absolute atomic E-state index is 0.0255. The standard InChI is InChI=1S/C30H39FN2O6SSi/c1-21-27(30(35)36)32-26(40-21)19-33(16-8-10-22-9-6-7-11-25(22)31)29(34)28(23-12-14-24(37-2)15-13-23)39-20-38-17-18-41(3,4)5/h6-7,9,11-15,28H,8,10,16-20H2,1-5H3,(H,35,36)/t28-/m1/s1. The fraction of sp³-hybridized carbons (Fsp3) is 0.433. The first-order chi connectivity index (χ1) is 19.5. The Balaban J connectivity index is 1.84. The minimum Gasteiger partial charge on any atom is -0.497 e. The molecule has 1 atom stereocenters. The zero-order valence-corrected chi connectivity index (χ0v) is 26.1. The van der Waals surface area contributed by atoms with Gasteiger partial charge in [0, 0.05) is 26.1 Å². The highest BCUT2D eigenvalue weighted by Crippen LogP contribution is 2.26. The van der Waals surface area contributed by atoms with Gasteiger partial charge in [0.25, 0.3) is 5.91 Å². The maximum atomic E-state index is 14.2. The number of aryl methyl sites for hydroxylation is 2. The van der Waals surface area contributed by atoms with Gasteiger partial charge in [-0.2, -0.15) is 0 Å². The Bertz CT molecular complexity index is 1290. The molecule has 1 amide bonds. The molecule has 0 aliphatic heterocycles. The smallest absolute Gasteiger partial charge is 0.355 e. The average Bonchev–Trinajstić information content (AvgIpc) is 3.30. The van der Waals surface area contributed by atoms with Crippen LogP contribution in [0, 0.1) is 12.7 Å². The highest BCUT2D eigenvalue weighted by atomic mass is 32.1. The molecule has 0 saturated heterocycles. The summed E-state index contributed by atoms with van der Waals surface area (Å²) in [5, 5.41) is 9.97. The molecule has 0 fully saturated rings. The van der Waals surface area contributed by atoms with E-state index in [4.69, 9.17) is 14.2 Å². The van der Waals surface area contributed by atoms with Crippen LogP contribution in [0.1, 0.15) is 44.0 Å². The molecule has 0 spiro atoms. The van der Waals surface area contributed by atoms with Crippen LogP contribution in [0.2, 0.25) is 25.7 Å². The molecular formula is C30H39FN2O6SSi. The van der Waals surface area contributed by atoms with Crippen LogP contribution in [0.4, 0.5) is 4.39 Å². The minimum atomic E-state index is -1.29. The van der Waals surface area contributed by atoms with Gasteiger partial charge in [0.05, 0.1) is 13.7 Å². The first-order valence-electron chi connectivity index (χ1n) is 13.5. The lowest BCUT2D eigenvalue weighted by Crippen LogP contribution is -2.37. The Labute approximate surface area is 246 Å². The van der Waals surface area contributed by atoms with E-state index in [2.05, 4.69) is 24.6 Å². The van der Waals surface area contributed by atoms with E-state index in [1.54, 1.807) is 61.4 Å². The molecule has 0 aliphatic rings. The highest BCUT2D eigenvalue weighted by Gasteiger charge is 2.29. The third-order valence-corrected chi connectivity index (χ3v) is 9.13. The number of carbonyl (C=O) groups is 2. The van der Waals surface area contributed by atoms with Gasteiger partial charge in [0.2, 0.25) is 0 Å². The number of aromatic carboxylic acids is 1. The number of ether oxygens (including phenoxy) is 3. The number of carbonyl (C=O) groups excluding carboxylic acids is 1. The Kier molecular flexibility index (Phi) is 12.0. The molecule has 0 unspecified atom stereocenters. The van der Waals surface area contributed by atoms with Gasteiger partial charge in [-0.25, -0.2) is 14.2 Å². The van der Waals surface area contributed by atoms with Gasteiger partial charge >= 0.3 is 5.97 Å². The first kappa shape index (κ1) is 32.4. The molecule has 8 nitrogen and oxygen atoms in total.